The number of nitrogens with zero attached hydrogens (tertiary/aromatic N) is 3. The van der Waals surface area contributed by atoms with Gasteiger partial charge in [-0.15, -0.1) is 10.2 Å². The summed E-state index contributed by atoms with van der Waals surface area (Å²) in [4.78, 5) is 63.0. The van der Waals surface area contributed by atoms with Gasteiger partial charge in [0.05, 0.1) is 38.5 Å². The number of nitrogens with one attached hydrogen (secondary N) is 4. The van der Waals surface area contributed by atoms with E-state index < -0.39 is 29.7 Å². The summed E-state index contributed by atoms with van der Waals surface area (Å²) in [5.74, 6) is -0.360. The average Bonchev–Trinajstić information content (AvgIpc) is 3.82. The lowest BCUT2D eigenvalue weighted by atomic mass is 10.0. The van der Waals surface area contributed by atoms with E-state index >= 15 is 0 Å². The number of likely N-dealkylation sites (N-methyl/N-ethyl adjacent to an activating group) is 1. The van der Waals surface area contributed by atoms with Gasteiger partial charge in [0.2, 0.25) is 11.8 Å². The topological polar surface area (TPSA) is 189 Å². The second kappa shape index (κ2) is 21.5. The molecular weight excluding hydrogens is 747 g/mol. The van der Waals surface area contributed by atoms with E-state index in [1.807, 2.05) is 23.7 Å². The van der Waals surface area contributed by atoms with Crippen molar-refractivity contribution < 1.29 is 51.4 Å². The number of benzene rings is 1. The number of halogens is 3. The first-order chi connectivity index (χ1) is 26.3. The summed E-state index contributed by atoms with van der Waals surface area (Å²) in [6.45, 7) is 4.52. The molecule has 2 saturated heterocycles. The first-order valence-electron chi connectivity index (χ1n) is 18.7. The van der Waals surface area contributed by atoms with Crippen molar-refractivity contribution in [3.63, 3.8) is 0 Å². The molecule has 1 aromatic carbocycles. The SMILES string of the molecule is CC(=O)CCC(NC(=O)c1ccc(C2(C(F)(F)F)N=N2)cc1)C(=O)NCCCOCCOCCOCCCNC(=O)CCCCC1SCC2NC(=O)N(C)C21. The number of rotatable bonds is 26. The number of carbonyl (C=O) groups excluding carboxylic acids is 5. The molecule has 3 heterocycles. The van der Waals surface area contributed by atoms with Crippen LogP contribution in [0.5, 0.6) is 0 Å². The highest BCUT2D eigenvalue weighted by atomic mass is 32.2. The Bertz CT molecular complexity index is 1480. The highest BCUT2D eigenvalue weighted by Gasteiger charge is 2.65. The zero-order valence-corrected chi connectivity index (χ0v) is 32.1. The summed E-state index contributed by atoms with van der Waals surface area (Å²) in [6, 6.07) is 4.09. The van der Waals surface area contributed by atoms with Gasteiger partial charge in [-0.2, -0.15) is 24.9 Å². The molecule has 0 aromatic heterocycles. The molecular formula is C36H52F3N7O8S. The van der Waals surface area contributed by atoms with Crippen molar-refractivity contribution in [2.45, 2.75) is 93.5 Å². The van der Waals surface area contributed by atoms with Crippen LogP contribution in [0.15, 0.2) is 34.5 Å². The number of carbonyl (C=O) groups is 5. The minimum absolute atomic E-state index is 0.00488. The van der Waals surface area contributed by atoms with E-state index in [0.29, 0.717) is 70.7 Å². The van der Waals surface area contributed by atoms with Gasteiger partial charge in [0.1, 0.15) is 11.8 Å². The molecule has 0 radical (unpaired) electrons. The molecule has 0 saturated carbocycles. The maximum Gasteiger partial charge on any atom is 0.442 e. The van der Waals surface area contributed by atoms with Crippen molar-refractivity contribution in [1.29, 1.82) is 0 Å². The van der Waals surface area contributed by atoms with E-state index in [4.69, 9.17) is 14.2 Å². The summed E-state index contributed by atoms with van der Waals surface area (Å²) < 4.78 is 56.4. The van der Waals surface area contributed by atoms with Crippen LogP contribution in [0.3, 0.4) is 0 Å². The number of fused-ring (bicyclic) bond motifs is 1. The number of Topliss-reactive ketones (excluding diaryl/α,β-unsaturated/α-hetero) is 1. The van der Waals surface area contributed by atoms with Crippen LogP contribution in [0, 0.1) is 0 Å². The van der Waals surface area contributed by atoms with Gasteiger partial charge in [0, 0.05) is 68.3 Å². The normalized spacial score (nSPS) is 20.1. The van der Waals surface area contributed by atoms with Crippen LogP contribution >= 0.6 is 11.8 Å². The summed E-state index contributed by atoms with van der Waals surface area (Å²) in [5, 5.41) is 17.9. The predicted octanol–water partition coefficient (Wildman–Crippen LogP) is 3.47. The molecule has 3 aliphatic rings. The average molecular weight is 800 g/mol. The van der Waals surface area contributed by atoms with Gasteiger partial charge in [-0.05, 0) is 51.2 Å². The Kier molecular flexibility index (Phi) is 17.2. The molecule has 5 amide bonds. The number of thioether (sulfide) groups is 1. The fraction of sp³-hybridized carbons (Fsp3) is 0.694. The fourth-order valence-electron chi connectivity index (χ4n) is 6.31. The Balaban J connectivity index is 0.953. The number of unbranched alkanes of at least 4 members (excludes halogenated alkanes) is 1. The summed E-state index contributed by atoms with van der Waals surface area (Å²) >= 11 is 1.90. The van der Waals surface area contributed by atoms with E-state index in [2.05, 4.69) is 31.5 Å². The standard InChI is InChI=1S/C36H52F3N7O8S/c1-24(47)9-14-27(42-32(49)25-10-12-26(13-11-25)35(44-45-35)36(37,38)39)33(50)41-16-6-18-53-20-22-54-21-19-52-17-5-15-40-30(48)8-4-3-7-29-31-28(23-55-29)43-34(51)46(31)2/h10-13,27-29,31H,3-9,14-23H2,1-2H3,(H,40,48)(H,41,50)(H,42,49)(H,43,51). The second-order valence-corrected chi connectivity index (χ2v) is 14.9. The molecule has 0 bridgehead atoms. The van der Waals surface area contributed by atoms with Crippen molar-refractivity contribution in [2.75, 3.05) is 65.5 Å². The highest BCUT2D eigenvalue weighted by molar-refractivity contribution is 8.00. The predicted molar refractivity (Wildman–Crippen MR) is 196 cm³/mol. The summed E-state index contributed by atoms with van der Waals surface area (Å²) in [5.41, 5.74) is -2.78. The number of ketones is 1. The third-order valence-corrected chi connectivity index (χ3v) is 10.9. The highest BCUT2D eigenvalue weighted by Crippen LogP contribution is 2.52. The van der Waals surface area contributed by atoms with Gasteiger partial charge in [0.25, 0.3) is 5.91 Å². The van der Waals surface area contributed by atoms with E-state index in [9.17, 15) is 37.1 Å². The molecule has 2 fully saturated rings. The smallest absolute Gasteiger partial charge is 0.379 e. The molecule has 4 N–H and O–H groups in total. The van der Waals surface area contributed by atoms with Gasteiger partial charge >= 0.3 is 17.9 Å². The summed E-state index contributed by atoms with van der Waals surface area (Å²) in [6.07, 6.45) is -0.155. The monoisotopic (exact) mass is 799 g/mol. The fourth-order valence-corrected chi connectivity index (χ4v) is 7.94. The zero-order valence-electron chi connectivity index (χ0n) is 31.3. The largest absolute Gasteiger partial charge is 0.442 e. The van der Waals surface area contributed by atoms with Crippen LogP contribution in [-0.4, -0.2) is 130 Å². The van der Waals surface area contributed by atoms with Gasteiger partial charge in [-0.1, -0.05) is 18.6 Å². The Morgan fingerprint density at radius 1 is 0.927 bits per heavy atom. The third-order valence-electron chi connectivity index (χ3n) is 9.45. The number of amides is 5. The second-order valence-electron chi connectivity index (χ2n) is 13.7. The first kappa shape index (κ1) is 43.9. The molecule has 3 aliphatic heterocycles. The number of alkyl halides is 3. The molecule has 0 spiro atoms. The molecule has 4 rings (SSSR count). The van der Waals surface area contributed by atoms with Crippen LogP contribution in [0.1, 0.15) is 74.2 Å². The number of urea groups is 1. The zero-order chi connectivity index (χ0) is 39.8. The molecule has 1 aromatic rings. The van der Waals surface area contributed by atoms with E-state index in [1.54, 1.807) is 0 Å². The molecule has 15 nitrogen and oxygen atoms in total. The van der Waals surface area contributed by atoms with Crippen LogP contribution < -0.4 is 21.3 Å². The van der Waals surface area contributed by atoms with Crippen molar-refractivity contribution in [1.82, 2.24) is 26.2 Å². The lowest BCUT2D eigenvalue weighted by Crippen LogP contribution is -2.47. The Morgan fingerprint density at radius 3 is 2.15 bits per heavy atom. The molecule has 0 aliphatic carbocycles. The summed E-state index contributed by atoms with van der Waals surface area (Å²) in [7, 11) is 1.85. The quantitative estimate of drug-likeness (QED) is 0.0804. The van der Waals surface area contributed by atoms with E-state index in [1.165, 1.54) is 19.1 Å². The number of hydrogen-bond donors (Lipinski definition) is 4. The first-order valence-corrected chi connectivity index (χ1v) is 19.7. The molecule has 4 atom stereocenters. The minimum Gasteiger partial charge on any atom is -0.379 e. The third kappa shape index (κ3) is 13.4. The van der Waals surface area contributed by atoms with Crippen molar-refractivity contribution in [3.05, 3.63) is 35.4 Å². The molecule has 306 valence electrons. The van der Waals surface area contributed by atoms with Crippen molar-refractivity contribution in [3.8, 4) is 0 Å². The lowest BCUT2D eigenvalue weighted by Gasteiger charge is -2.23. The van der Waals surface area contributed by atoms with Gasteiger partial charge in [0.15, 0.2) is 0 Å². The molecule has 19 heteroatoms. The van der Waals surface area contributed by atoms with Gasteiger partial charge in [-0.25, -0.2) is 4.79 Å². The van der Waals surface area contributed by atoms with Gasteiger partial charge in [-0.3, -0.25) is 14.4 Å². The van der Waals surface area contributed by atoms with Gasteiger partial charge < -0.3 is 45.2 Å². The number of hydrogen-bond acceptors (Lipinski definition) is 11. The number of ether oxygens (including phenoxy) is 3. The maximum absolute atomic E-state index is 13.3. The van der Waals surface area contributed by atoms with E-state index in [-0.39, 0.29) is 60.3 Å². The molecule has 4 unspecified atom stereocenters. The Morgan fingerprint density at radius 2 is 1.55 bits per heavy atom. The maximum atomic E-state index is 13.3. The van der Waals surface area contributed by atoms with Crippen LogP contribution in [0.4, 0.5) is 18.0 Å². The van der Waals surface area contributed by atoms with Crippen LogP contribution in [0.25, 0.3) is 0 Å². The lowest BCUT2D eigenvalue weighted by molar-refractivity contribution is -0.166. The van der Waals surface area contributed by atoms with E-state index in [0.717, 1.165) is 37.1 Å². The van der Waals surface area contributed by atoms with Crippen LogP contribution in [-0.2, 0) is 34.3 Å². The van der Waals surface area contributed by atoms with Crippen molar-refractivity contribution in [2.24, 2.45) is 10.2 Å². The Hall–Kier alpha value is -3.81. The minimum atomic E-state index is -4.69. The van der Waals surface area contributed by atoms with Crippen molar-refractivity contribution >= 4 is 41.3 Å². The molecule has 55 heavy (non-hydrogen) atoms. The van der Waals surface area contributed by atoms with Crippen LogP contribution in [0.2, 0.25) is 0 Å². The Labute approximate surface area is 323 Å².